The third kappa shape index (κ3) is 4.95. The molecule has 29 heavy (non-hydrogen) atoms. The number of nitrogens with two attached hydrogens (primary N) is 1. The second-order valence-corrected chi connectivity index (χ2v) is 6.43. The third-order valence-electron chi connectivity index (χ3n) is 4.27. The van der Waals surface area contributed by atoms with Gasteiger partial charge in [0.2, 0.25) is 0 Å². The molecule has 150 valence electrons. The van der Waals surface area contributed by atoms with Gasteiger partial charge in [-0.25, -0.2) is 0 Å². The molecule has 0 aliphatic carbocycles. The molecule has 0 atom stereocenters. The molecule has 2 N–H and O–H groups in total. The van der Waals surface area contributed by atoms with Crippen molar-refractivity contribution in [3.05, 3.63) is 77.7 Å². The number of hydrogen-bond donors (Lipinski definition) is 1. The molecule has 3 aromatic rings. The molecule has 0 unspecified atom stereocenters. The van der Waals surface area contributed by atoms with Gasteiger partial charge in [-0.15, -0.1) is 0 Å². The number of furan rings is 1. The van der Waals surface area contributed by atoms with Gasteiger partial charge in [0.25, 0.3) is 11.8 Å². The number of ether oxygens (including phenoxy) is 2. The van der Waals surface area contributed by atoms with E-state index in [0.717, 1.165) is 11.3 Å². The van der Waals surface area contributed by atoms with Crippen LogP contribution in [0.4, 0.5) is 5.69 Å². The van der Waals surface area contributed by atoms with Crippen LogP contribution in [0.25, 0.3) is 0 Å². The molecule has 1 aromatic heterocycles. The Morgan fingerprint density at radius 3 is 2.45 bits per heavy atom. The molecule has 1 heterocycles. The normalized spacial score (nSPS) is 10.4. The fourth-order valence-electron chi connectivity index (χ4n) is 2.79. The summed E-state index contributed by atoms with van der Waals surface area (Å²) in [6.07, 6.45) is 1.57. The number of methoxy groups -OCH3 is 1. The smallest absolute Gasteiger partial charge is 0.258 e. The molecule has 0 saturated heterocycles. The Hall–Kier alpha value is -3.74. The fraction of sp³-hybridized carbons (Fsp3) is 0.182. The predicted molar refractivity (Wildman–Crippen MR) is 108 cm³/mol. The summed E-state index contributed by atoms with van der Waals surface area (Å²) in [5.41, 5.74) is 7.35. The van der Waals surface area contributed by atoms with Crippen molar-refractivity contribution >= 4 is 17.5 Å². The first-order valence-corrected chi connectivity index (χ1v) is 8.98. The maximum absolute atomic E-state index is 13.3. The van der Waals surface area contributed by atoms with Crippen molar-refractivity contribution in [3.8, 4) is 11.5 Å². The van der Waals surface area contributed by atoms with E-state index in [1.165, 1.54) is 7.11 Å². The van der Waals surface area contributed by atoms with E-state index in [9.17, 15) is 9.59 Å². The zero-order valence-electron chi connectivity index (χ0n) is 16.3. The number of amides is 2. The van der Waals surface area contributed by atoms with Crippen molar-refractivity contribution in [2.24, 2.45) is 5.73 Å². The molecule has 0 aliphatic rings. The van der Waals surface area contributed by atoms with Crippen LogP contribution in [0.3, 0.4) is 0 Å². The maximum atomic E-state index is 13.3. The molecule has 0 aliphatic heterocycles. The topological polar surface area (TPSA) is 95.0 Å². The molecular weight excluding hydrogens is 372 g/mol. The van der Waals surface area contributed by atoms with Gasteiger partial charge in [-0.05, 0) is 49.4 Å². The highest BCUT2D eigenvalue weighted by atomic mass is 16.5. The predicted octanol–water partition coefficient (Wildman–Crippen LogP) is 3.31. The van der Waals surface area contributed by atoms with Crippen molar-refractivity contribution in [2.45, 2.75) is 13.5 Å². The number of aryl methyl sites for hydroxylation is 1. The summed E-state index contributed by atoms with van der Waals surface area (Å²) >= 11 is 0. The lowest BCUT2D eigenvalue weighted by Gasteiger charge is -2.23. The van der Waals surface area contributed by atoms with Gasteiger partial charge in [0.05, 0.1) is 19.9 Å². The molecule has 2 amide bonds. The Morgan fingerprint density at radius 1 is 1.07 bits per heavy atom. The van der Waals surface area contributed by atoms with E-state index >= 15 is 0 Å². The van der Waals surface area contributed by atoms with Gasteiger partial charge >= 0.3 is 0 Å². The van der Waals surface area contributed by atoms with Gasteiger partial charge in [0.1, 0.15) is 5.76 Å². The highest BCUT2D eigenvalue weighted by molar-refractivity contribution is 6.06. The Bertz CT molecular complexity index is 981. The lowest BCUT2D eigenvalue weighted by Crippen LogP contribution is -2.30. The minimum absolute atomic E-state index is 0.231. The summed E-state index contributed by atoms with van der Waals surface area (Å²) in [6.45, 7) is 1.98. The van der Waals surface area contributed by atoms with Gasteiger partial charge in [-0.1, -0.05) is 17.7 Å². The van der Waals surface area contributed by atoms with Crippen LogP contribution >= 0.6 is 0 Å². The highest BCUT2D eigenvalue weighted by Crippen LogP contribution is 2.30. The standard InChI is InChI=1S/C22H22N2O5/c1-15-5-8-17(9-6-15)24(13-18-4-3-11-28-18)22(26)16-7-10-19(20(12-16)27-2)29-14-21(23)25/h3-12H,13-14H2,1-2H3,(H2,23,25). The largest absolute Gasteiger partial charge is 0.493 e. The Kier molecular flexibility index (Phi) is 6.19. The van der Waals surface area contributed by atoms with Crippen LogP contribution in [-0.2, 0) is 11.3 Å². The average molecular weight is 394 g/mol. The van der Waals surface area contributed by atoms with E-state index in [1.807, 2.05) is 37.3 Å². The van der Waals surface area contributed by atoms with E-state index in [0.29, 0.717) is 22.8 Å². The average Bonchev–Trinajstić information content (AvgIpc) is 3.24. The van der Waals surface area contributed by atoms with Gasteiger partial charge in [-0.3, -0.25) is 9.59 Å². The first-order valence-electron chi connectivity index (χ1n) is 8.98. The van der Waals surface area contributed by atoms with Crippen LogP contribution in [0.5, 0.6) is 11.5 Å². The minimum atomic E-state index is -0.601. The second kappa shape index (κ2) is 8.97. The van der Waals surface area contributed by atoms with Crippen molar-refractivity contribution < 1.29 is 23.5 Å². The van der Waals surface area contributed by atoms with Gasteiger partial charge in [0, 0.05) is 11.3 Å². The summed E-state index contributed by atoms with van der Waals surface area (Å²) in [5, 5.41) is 0. The number of rotatable bonds is 8. The van der Waals surface area contributed by atoms with Gasteiger partial charge in [0.15, 0.2) is 18.1 Å². The number of primary amides is 1. The molecule has 0 radical (unpaired) electrons. The highest BCUT2D eigenvalue weighted by Gasteiger charge is 2.21. The maximum Gasteiger partial charge on any atom is 0.258 e. The molecular formula is C22H22N2O5. The number of hydrogen-bond acceptors (Lipinski definition) is 5. The fourth-order valence-corrected chi connectivity index (χ4v) is 2.79. The van der Waals surface area contributed by atoms with Gasteiger partial charge in [-0.2, -0.15) is 0 Å². The molecule has 7 nitrogen and oxygen atoms in total. The number of anilines is 1. The van der Waals surface area contributed by atoms with Crippen molar-refractivity contribution in [2.75, 3.05) is 18.6 Å². The molecule has 0 fully saturated rings. The first-order chi connectivity index (χ1) is 14.0. The molecule has 0 spiro atoms. The lowest BCUT2D eigenvalue weighted by atomic mass is 10.1. The zero-order chi connectivity index (χ0) is 20.8. The summed E-state index contributed by atoms with van der Waals surface area (Å²) < 4.78 is 16.1. The molecule has 7 heteroatoms. The quantitative estimate of drug-likeness (QED) is 0.632. The van der Waals surface area contributed by atoms with Crippen LogP contribution in [0.2, 0.25) is 0 Å². The Balaban J connectivity index is 1.92. The number of carbonyl (C=O) groups excluding carboxylic acids is 2. The van der Waals surface area contributed by atoms with Crippen LogP contribution in [0.1, 0.15) is 21.7 Å². The minimum Gasteiger partial charge on any atom is -0.493 e. The van der Waals surface area contributed by atoms with E-state index in [1.54, 1.807) is 35.4 Å². The van der Waals surface area contributed by atoms with Crippen molar-refractivity contribution in [1.29, 1.82) is 0 Å². The summed E-state index contributed by atoms with van der Waals surface area (Å²) in [7, 11) is 1.46. The monoisotopic (exact) mass is 394 g/mol. The number of benzene rings is 2. The molecule has 2 aromatic carbocycles. The summed E-state index contributed by atoms with van der Waals surface area (Å²) in [4.78, 5) is 25.9. The van der Waals surface area contributed by atoms with E-state index in [-0.39, 0.29) is 19.1 Å². The number of carbonyl (C=O) groups is 2. The van der Waals surface area contributed by atoms with Crippen LogP contribution in [-0.4, -0.2) is 25.5 Å². The third-order valence-corrected chi connectivity index (χ3v) is 4.27. The molecule has 0 saturated carbocycles. The second-order valence-electron chi connectivity index (χ2n) is 6.43. The molecule has 0 bridgehead atoms. The van der Waals surface area contributed by atoms with Crippen molar-refractivity contribution in [3.63, 3.8) is 0 Å². The SMILES string of the molecule is COc1cc(C(=O)N(Cc2ccco2)c2ccc(C)cc2)ccc1OCC(N)=O. The Morgan fingerprint density at radius 2 is 1.83 bits per heavy atom. The Labute approximate surface area is 168 Å². The summed E-state index contributed by atoms with van der Waals surface area (Å²) in [6, 6.07) is 16.0. The van der Waals surface area contributed by atoms with Crippen molar-refractivity contribution in [1.82, 2.24) is 0 Å². The van der Waals surface area contributed by atoms with Crippen LogP contribution in [0.15, 0.2) is 65.3 Å². The van der Waals surface area contributed by atoms with Crippen LogP contribution < -0.4 is 20.1 Å². The van der Waals surface area contributed by atoms with E-state index < -0.39 is 5.91 Å². The summed E-state index contributed by atoms with van der Waals surface area (Å²) in [5.74, 6) is 0.489. The van der Waals surface area contributed by atoms with Gasteiger partial charge < -0.3 is 24.5 Å². The molecule has 3 rings (SSSR count). The zero-order valence-corrected chi connectivity index (χ0v) is 16.3. The van der Waals surface area contributed by atoms with E-state index in [2.05, 4.69) is 0 Å². The number of nitrogens with zero attached hydrogens (tertiary/aromatic N) is 1. The first kappa shape index (κ1) is 20.0. The van der Waals surface area contributed by atoms with E-state index in [4.69, 9.17) is 19.6 Å². The van der Waals surface area contributed by atoms with Crippen LogP contribution in [0, 0.1) is 6.92 Å². The lowest BCUT2D eigenvalue weighted by molar-refractivity contribution is -0.119.